The molecule has 5 aromatic rings. The summed E-state index contributed by atoms with van der Waals surface area (Å²) in [4.78, 5) is 110. The van der Waals surface area contributed by atoms with Gasteiger partial charge >= 0.3 is 23.4 Å². The van der Waals surface area contributed by atoms with Gasteiger partial charge in [0.15, 0.2) is 5.78 Å². The summed E-state index contributed by atoms with van der Waals surface area (Å²) in [6.45, 7) is 4.02. The SMILES string of the molecule is Cc1cc(=O)oc2cc(OC(=O)N(C)CCCC(=O)[C@@H](CC(N)=O)NC(=O)CCCc3ccccc3)ccc12.Cc1cc(=O)oc2cc(OC(=O)N(C)CCCC(=O)[C@H](N)CC(N)=O)ccc12.Cl. The van der Waals surface area contributed by atoms with Gasteiger partial charge in [0.2, 0.25) is 17.7 Å². The van der Waals surface area contributed by atoms with Crippen LogP contribution in [-0.2, 0) is 30.4 Å². The molecule has 0 spiro atoms. The van der Waals surface area contributed by atoms with E-state index in [0.717, 1.165) is 33.9 Å². The molecule has 19 nitrogen and oxygen atoms in total. The number of nitrogens with zero attached hydrogens (tertiary/aromatic N) is 2. The quantitative estimate of drug-likeness (QED) is 0.0721. The predicted molar refractivity (Wildman–Crippen MR) is 254 cm³/mol. The average Bonchev–Trinajstić information content (AvgIpc) is 3.25. The van der Waals surface area contributed by atoms with E-state index in [9.17, 15) is 43.2 Å². The first kappa shape index (κ1) is 55.0. The fourth-order valence-corrected chi connectivity index (χ4v) is 6.76. The van der Waals surface area contributed by atoms with Crippen molar-refractivity contribution < 1.29 is 51.9 Å². The van der Waals surface area contributed by atoms with E-state index in [-0.39, 0.29) is 93.0 Å². The van der Waals surface area contributed by atoms with Crippen LogP contribution in [0.15, 0.2) is 97.3 Å². The Balaban J connectivity index is 0.000000374. The van der Waals surface area contributed by atoms with E-state index in [1.807, 2.05) is 30.3 Å². The Hall–Kier alpha value is -7.38. The normalized spacial score (nSPS) is 11.5. The summed E-state index contributed by atoms with van der Waals surface area (Å²) in [6.07, 6.45) is 0.559. The number of fused-ring (bicyclic) bond motifs is 2. The zero-order chi connectivity index (χ0) is 49.2. The Bertz CT molecular complexity index is 2710. The molecule has 2 aromatic heterocycles. The van der Waals surface area contributed by atoms with Gasteiger partial charge in [-0.3, -0.25) is 24.0 Å². The van der Waals surface area contributed by atoms with Gasteiger partial charge in [0, 0.05) is 87.9 Å². The summed E-state index contributed by atoms with van der Waals surface area (Å²) >= 11 is 0. The number of hydrogen-bond acceptors (Lipinski definition) is 14. The highest BCUT2D eigenvalue weighted by Crippen LogP contribution is 2.24. The predicted octanol–water partition coefficient (Wildman–Crippen LogP) is 4.77. The number of amides is 5. The van der Waals surface area contributed by atoms with E-state index in [1.54, 1.807) is 38.1 Å². The molecule has 5 amide bonds. The fraction of sp³-hybridized carbons (Fsp3) is 0.354. The van der Waals surface area contributed by atoms with Crippen LogP contribution in [0.1, 0.15) is 68.1 Å². The van der Waals surface area contributed by atoms with Crippen molar-refractivity contribution in [1.82, 2.24) is 15.1 Å². The van der Waals surface area contributed by atoms with Gasteiger partial charge in [0.25, 0.3) is 0 Å². The van der Waals surface area contributed by atoms with Crippen LogP contribution in [0, 0.1) is 13.8 Å². The number of nitrogens with two attached hydrogens (primary N) is 3. The molecule has 0 unspecified atom stereocenters. The Morgan fingerprint density at radius 3 is 1.57 bits per heavy atom. The number of carbonyl (C=O) groups excluding carboxylic acids is 7. The third-order valence-electron chi connectivity index (χ3n) is 10.4. The van der Waals surface area contributed by atoms with Gasteiger partial charge in [-0.1, -0.05) is 30.3 Å². The van der Waals surface area contributed by atoms with Crippen molar-refractivity contribution in [2.75, 3.05) is 27.2 Å². The van der Waals surface area contributed by atoms with Gasteiger partial charge < -0.3 is 50.6 Å². The Kier molecular flexibility index (Phi) is 21.6. The zero-order valence-electron chi connectivity index (χ0n) is 38.3. The van der Waals surface area contributed by atoms with Crippen LogP contribution in [0.2, 0.25) is 0 Å². The van der Waals surface area contributed by atoms with Crippen molar-refractivity contribution in [3.8, 4) is 11.5 Å². The van der Waals surface area contributed by atoms with Gasteiger partial charge in [-0.05, 0) is 80.5 Å². The number of ether oxygens (including phenoxy) is 2. The summed E-state index contributed by atoms with van der Waals surface area (Å²) in [6, 6.07) is 20.1. The van der Waals surface area contributed by atoms with E-state index in [1.165, 1.54) is 48.2 Å². The summed E-state index contributed by atoms with van der Waals surface area (Å²) in [7, 11) is 3.05. The molecule has 68 heavy (non-hydrogen) atoms. The Morgan fingerprint density at radius 1 is 0.632 bits per heavy atom. The molecule has 2 atom stereocenters. The minimum atomic E-state index is -1.01. The maximum absolute atomic E-state index is 12.7. The number of rotatable bonds is 21. The molecule has 0 saturated carbocycles. The Morgan fingerprint density at radius 2 is 1.10 bits per heavy atom. The molecule has 3 aromatic carbocycles. The smallest absolute Gasteiger partial charge is 0.414 e. The van der Waals surface area contributed by atoms with Gasteiger partial charge in [0.05, 0.1) is 18.5 Å². The van der Waals surface area contributed by atoms with Crippen molar-refractivity contribution in [3.05, 3.63) is 116 Å². The topological polar surface area (TPSA) is 295 Å². The van der Waals surface area contributed by atoms with Crippen molar-refractivity contribution >= 4 is 75.8 Å². The number of hydrogen-bond donors (Lipinski definition) is 4. The van der Waals surface area contributed by atoms with Crippen molar-refractivity contribution in [1.29, 1.82) is 0 Å². The lowest BCUT2D eigenvalue weighted by atomic mass is 10.0. The van der Waals surface area contributed by atoms with E-state index in [2.05, 4.69) is 5.32 Å². The molecule has 7 N–H and O–H groups in total. The molecule has 364 valence electrons. The van der Waals surface area contributed by atoms with Crippen LogP contribution in [0.4, 0.5) is 9.59 Å². The molecule has 0 fully saturated rings. The number of primary amides is 2. The second kappa shape index (κ2) is 26.7. The lowest BCUT2D eigenvalue weighted by molar-refractivity contribution is -0.130. The second-order valence-corrected chi connectivity index (χ2v) is 15.9. The van der Waals surface area contributed by atoms with Crippen LogP contribution in [-0.4, -0.2) is 90.5 Å². The molecule has 0 bridgehead atoms. The van der Waals surface area contributed by atoms with Gasteiger partial charge in [-0.15, -0.1) is 12.4 Å². The molecule has 5 rings (SSSR count). The third-order valence-corrected chi connectivity index (χ3v) is 10.4. The molecule has 0 saturated heterocycles. The van der Waals surface area contributed by atoms with Crippen molar-refractivity contribution in [3.63, 3.8) is 0 Å². The third kappa shape index (κ3) is 17.8. The van der Waals surface area contributed by atoms with Gasteiger partial charge in [-0.2, -0.15) is 0 Å². The van der Waals surface area contributed by atoms with Crippen LogP contribution in [0.3, 0.4) is 0 Å². The van der Waals surface area contributed by atoms with Crippen LogP contribution >= 0.6 is 12.4 Å². The van der Waals surface area contributed by atoms with Gasteiger partial charge in [-0.25, -0.2) is 19.2 Å². The van der Waals surface area contributed by atoms with Crippen LogP contribution in [0.25, 0.3) is 21.9 Å². The van der Waals surface area contributed by atoms with Gasteiger partial charge in [0.1, 0.15) is 28.4 Å². The largest absolute Gasteiger partial charge is 0.423 e. The molecule has 2 heterocycles. The highest BCUT2D eigenvalue weighted by Gasteiger charge is 2.23. The molecular weight excluding hydrogens is 904 g/mol. The number of halogens is 1. The monoisotopic (exact) mass is 960 g/mol. The molecule has 20 heteroatoms. The van der Waals surface area contributed by atoms with Crippen LogP contribution in [0.5, 0.6) is 11.5 Å². The van der Waals surface area contributed by atoms with Crippen molar-refractivity contribution in [2.45, 2.75) is 83.7 Å². The van der Waals surface area contributed by atoms with E-state index < -0.39 is 47.3 Å². The molecule has 0 aliphatic heterocycles. The fourth-order valence-electron chi connectivity index (χ4n) is 6.76. The summed E-state index contributed by atoms with van der Waals surface area (Å²) in [5.74, 6) is -1.85. The van der Waals surface area contributed by atoms with E-state index in [0.29, 0.717) is 24.0 Å². The summed E-state index contributed by atoms with van der Waals surface area (Å²) < 4.78 is 20.9. The molecule has 0 aliphatic carbocycles. The zero-order valence-corrected chi connectivity index (χ0v) is 39.1. The minimum absolute atomic E-state index is 0. The number of Topliss-reactive ketones (excluding diaryl/α,β-unsaturated/α-hetero) is 2. The number of ketones is 2. The lowest BCUT2D eigenvalue weighted by Crippen LogP contribution is -2.43. The minimum Gasteiger partial charge on any atom is -0.423 e. The first-order valence-electron chi connectivity index (χ1n) is 21.5. The second-order valence-electron chi connectivity index (χ2n) is 15.9. The Labute approximate surface area is 397 Å². The highest BCUT2D eigenvalue weighted by atomic mass is 35.5. The number of aryl methyl sites for hydroxylation is 3. The van der Waals surface area contributed by atoms with Crippen LogP contribution < -0.4 is 43.2 Å². The van der Waals surface area contributed by atoms with E-state index in [4.69, 9.17) is 35.5 Å². The average molecular weight is 961 g/mol. The standard InChI is InChI=1S/C29H33N3O7.C19H23N3O6.ClH/c1-19-16-28(36)39-25-17-21(13-14-22(19)25)38-29(37)32(2)15-7-11-24(33)23(18-26(30)34)31-27(35)12-6-10-20-8-4-3-5-9-20;1-11-8-18(25)28-16-9-12(5-6-13(11)16)27-19(26)22(2)7-3-4-15(23)14(20)10-17(21)24;/h3-5,8-9,13-14,16-17,23H,6-7,10-12,15,18H2,1-2H3,(H2,30,34)(H,31,35);5-6,8-9,14H,3-4,7,10,20H2,1-2H3,(H2,21,24);1H/t23-;14-;/m11./s1. The first-order valence-corrected chi connectivity index (χ1v) is 21.5. The lowest BCUT2D eigenvalue weighted by Gasteiger charge is -2.19. The molecular formula is C48H57ClN6O13. The maximum atomic E-state index is 12.7. The molecule has 0 aliphatic rings. The maximum Gasteiger partial charge on any atom is 0.414 e. The number of nitrogens with one attached hydrogen (secondary N) is 1. The molecule has 0 radical (unpaired) electrons. The first-order chi connectivity index (χ1) is 31.8. The van der Waals surface area contributed by atoms with E-state index >= 15 is 0 Å². The number of carbonyl (C=O) groups is 7. The van der Waals surface area contributed by atoms with Crippen molar-refractivity contribution in [2.24, 2.45) is 17.2 Å². The summed E-state index contributed by atoms with van der Waals surface area (Å²) in [5.41, 5.74) is 18.2. The highest BCUT2D eigenvalue weighted by molar-refractivity contribution is 5.93. The number of benzene rings is 3. The summed E-state index contributed by atoms with van der Waals surface area (Å²) in [5, 5.41) is 4.10.